The lowest BCUT2D eigenvalue weighted by molar-refractivity contribution is -0.207. The molecule has 4 heteroatoms. The summed E-state index contributed by atoms with van der Waals surface area (Å²) in [6.45, 7) is 6.46. The van der Waals surface area contributed by atoms with Gasteiger partial charge in [-0.05, 0) is 111 Å². The summed E-state index contributed by atoms with van der Waals surface area (Å²) >= 11 is 0. The van der Waals surface area contributed by atoms with Gasteiger partial charge in [-0.15, -0.1) is 0 Å². The number of furan rings is 1. The molecule has 4 nitrogen and oxygen atoms in total. The molecule has 3 N–H and O–H groups in total. The predicted octanol–water partition coefficient (Wildman–Crippen LogP) is 5.25. The van der Waals surface area contributed by atoms with Crippen LogP contribution in [0.4, 0.5) is 0 Å². The third-order valence-corrected chi connectivity index (χ3v) is 10.5. The first-order chi connectivity index (χ1) is 14.4. The predicted molar refractivity (Wildman–Crippen MR) is 118 cm³/mol. The lowest BCUT2D eigenvalue weighted by Crippen LogP contribution is -2.62. The Morgan fingerprint density at radius 3 is 2.73 bits per heavy atom. The minimum atomic E-state index is -0.527. The topological polar surface area (TPSA) is 68.6 Å². The van der Waals surface area contributed by atoms with Crippen molar-refractivity contribution in [1.82, 2.24) is 0 Å². The van der Waals surface area contributed by atoms with E-state index in [-0.39, 0.29) is 5.41 Å². The Kier molecular flexibility index (Phi) is 5.35. The Hall–Kier alpha value is -0.840. The van der Waals surface area contributed by atoms with Crippen molar-refractivity contribution in [3.8, 4) is 0 Å². The van der Waals surface area contributed by atoms with Crippen LogP contribution in [0, 0.1) is 28.6 Å². The number of hydrogen-bond donors (Lipinski definition) is 2. The molecule has 1 aromatic rings. The van der Waals surface area contributed by atoms with Gasteiger partial charge in [0.1, 0.15) is 0 Å². The number of rotatable bonds is 5. The van der Waals surface area contributed by atoms with Crippen molar-refractivity contribution in [2.45, 2.75) is 95.7 Å². The maximum atomic E-state index is 12.3. The number of nitrogens with two attached hydrogens (primary N) is 1. The summed E-state index contributed by atoms with van der Waals surface area (Å²) in [6, 6.07) is 2.12. The van der Waals surface area contributed by atoms with Gasteiger partial charge >= 0.3 is 0 Å². The van der Waals surface area contributed by atoms with E-state index in [1.54, 1.807) is 6.26 Å². The second-order valence-corrected chi connectivity index (χ2v) is 11.4. The molecule has 0 unspecified atom stereocenters. The van der Waals surface area contributed by atoms with Crippen LogP contribution in [0.3, 0.4) is 0 Å². The van der Waals surface area contributed by atoms with Crippen LogP contribution < -0.4 is 5.73 Å². The molecule has 4 aliphatic rings. The van der Waals surface area contributed by atoms with E-state index >= 15 is 0 Å². The fourth-order valence-electron chi connectivity index (χ4n) is 8.68. The van der Waals surface area contributed by atoms with Gasteiger partial charge in [0.25, 0.3) is 0 Å². The number of fused-ring (bicyclic) bond motifs is 5. The van der Waals surface area contributed by atoms with E-state index < -0.39 is 5.60 Å². The second-order valence-electron chi connectivity index (χ2n) is 11.4. The third-order valence-electron chi connectivity index (χ3n) is 10.5. The minimum absolute atomic E-state index is 0.0240. The first kappa shape index (κ1) is 21.0. The van der Waals surface area contributed by atoms with Gasteiger partial charge < -0.3 is 20.0 Å². The highest BCUT2D eigenvalue weighted by atomic mass is 16.5. The molecule has 0 spiro atoms. The van der Waals surface area contributed by atoms with Crippen molar-refractivity contribution in [2.75, 3.05) is 13.2 Å². The minimum Gasteiger partial charge on any atom is -0.472 e. The molecule has 0 amide bonds. The highest BCUT2D eigenvalue weighted by Gasteiger charge is 2.67. The van der Waals surface area contributed by atoms with Gasteiger partial charge in [-0.1, -0.05) is 13.8 Å². The molecule has 8 atom stereocenters. The van der Waals surface area contributed by atoms with Crippen LogP contribution in [0.25, 0.3) is 0 Å². The second kappa shape index (κ2) is 7.64. The fourth-order valence-corrected chi connectivity index (χ4v) is 8.68. The van der Waals surface area contributed by atoms with E-state index in [0.717, 1.165) is 44.8 Å². The van der Waals surface area contributed by atoms with Crippen LogP contribution in [0.15, 0.2) is 23.0 Å². The van der Waals surface area contributed by atoms with Crippen LogP contribution in [0.5, 0.6) is 0 Å². The molecule has 168 valence electrons. The number of hydrogen-bond acceptors (Lipinski definition) is 4. The first-order valence-electron chi connectivity index (χ1n) is 12.5. The summed E-state index contributed by atoms with van der Waals surface area (Å²) < 4.78 is 11.6. The van der Waals surface area contributed by atoms with Crippen LogP contribution in [0.2, 0.25) is 0 Å². The van der Waals surface area contributed by atoms with Crippen molar-refractivity contribution in [1.29, 1.82) is 0 Å². The Morgan fingerprint density at radius 2 is 1.97 bits per heavy atom. The number of ether oxygens (including phenoxy) is 1. The average Bonchev–Trinajstić information content (AvgIpc) is 3.34. The first-order valence-corrected chi connectivity index (χ1v) is 12.5. The summed E-state index contributed by atoms with van der Waals surface area (Å²) in [6.07, 6.45) is 15.6. The molecule has 30 heavy (non-hydrogen) atoms. The maximum absolute atomic E-state index is 12.3. The van der Waals surface area contributed by atoms with Gasteiger partial charge in [0.05, 0.1) is 24.2 Å². The Bertz CT molecular complexity index is 735. The summed E-state index contributed by atoms with van der Waals surface area (Å²) in [5.74, 6) is 2.28. The van der Waals surface area contributed by atoms with Gasteiger partial charge in [-0.25, -0.2) is 0 Å². The maximum Gasteiger partial charge on any atom is 0.0937 e. The van der Waals surface area contributed by atoms with Gasteiger partial charge in [-0.2, -0.15) is 0 Å². The van der Waals surface area contributed by atoms with E-state index in [0.29, 0.717) is 29.3 Å². The summed E-state index contributed by atoms with van der Waals surface area (Å²) in [7, 11) is 0. The van der Waals surface area contributed by atoms with Crippen molar-refractivity contribution < 1.29 is 14.3 Å². The quantitative estimate of drug-likeness (QED) is 0.644. The molecule has 1 aromatic heterocycles. The Balaban J connectivity index is 1.35. The van der Waals surface area contributed by atoms with Gasteiger partial charge in [0.15, 0.2) is 0 Å². The average molecular weight is 416 g/mol. The summed E-state index contributed by atoms with van der Waals surface area (Å²) in [5.41, 5.74) is 6.75. The normalized spacial score (nSPS) is 48.1. The third kappa shape index (κ3) is 2.97. The summed E-state index contributed by atoms with van der Waals surface area (Å²) in [4.78, 5) is 0. The Morgan fingerprint density at radius 1 is 1.10 bits per heavy atom. The van der Waals surface area contributed by atoms with E-state index in [4.69, 9.17) is 14.9 Å². The van der Waals surface area contributed by atoms with Crippen LogP contribution in [-0.4, -0.2) is 30.0 Å². The lowest BCUT2D eigenvalue weighted by atomic mass is 9.43. The highest BCUT2D eigenvalue weighted by Crippen LogP contribution is 2.70. The molecule has 4 aliphatic carbocycles. The zero-order valence-corrected chi connectivity index (χ0v) is 18.9. The van der Waals surface area contributed by atoms with E-state index in [1.165, 1.54) is 44.1 Å². The lowest BCUT2D eigenvalue weighted by Gasteiger charge is -2.63. The van der Waals surface area contributed by atoms with Gasteiger partial charge in [-0.3, -0.25) is 0 Å². The molecule has 4 saturated carbocycles. The fraction of sp³-hybridized carbons (Fsp3) is 0.846. The van der Waals surface area contributed by atoms with Gasteiger partial charge in [0.2, 0.25) is 0 Å². The van der Waals surface area contributed by atoms with E-state index in [2.05, 4.69) is 19.9 Å². The van der Waals surface area contributed by atoms with Crippen molar-refractivity contribution in [2.24, 2.45) is 34.3 Å². The molecule has 0 saturated heterocycles. The standard InChI is InChI=1S/C26H41NO3/c1-24-10-6-20(30-14-3-13-27)16-19(24)4-5-23-22(24)7-11-25(2)21(8-12-26(23,25)28)18-9-15-29-17-18/h9,15,17,19-23,28H,3-8,10-14,16,27H2,1-2H3/t19-,20+,21-,22+,23-,24+,25-,26-/m1/s1. The SMILES string of the molecule is C[C@]12CC[C@H](OCCCN)C[C@H]1CC[C@@H]1[C@@H]2CC[C@]2(C)[C@@H](c3ccoc3)CC[C@@]12O. The van der Waals surface area contributed by atoms with E-state index in [1.807, 2.05) is 6.26 Å². The van der Waals surface area contributed by atoms with Crippen molar-refractivity contribution in [3.63, 3.8) is 0 Å². The molecule has 0 bridgehead atoms. The van der Waals surface area contributed by atoms with Crippen molar-refractivity contribution >= 4 is 0 Å². The summed E-state index contributed by atoms with van der Waals surface area (Å²) in [5, 5.41) is 12.3. The molecule has 0 aromatic carbocycles. The monoisotopic (exact) mass is 415 g/mol. The number of aliphatic hydroxyl groups is 1. The zero-order chi connectivity index (χ0) is 21.0. The van der Waals surface area contributed by atoms with E-state index in [9.17, 15) is 5.11 Å². The molecule has 0 radical (unpaired) electrons. The van der Waals surface area contributed by atoms with Crippen LogP contribution >= 0.6 is 0 Å². The molecule has 1 heterocycles. The molecule has 5 rings (SSSR count). The molecule has 4 fully saturated rings. The van der Waals surface area contributed by atoms with Crippen LogP contribution in [-0.2, 0) is 4.74 Å². The van der Waals surface area contributed by atoms with Crippen LogP contribution in [0.1, 0.15) is 89.5 Å². The van der Waals surface area contributed by atoms with Gasteiger partial charge in [0, 0.05) is 12.0 Å². The Labute approximate surface area is 181 Å². The molecular weight excluding hydrogens is 374 g/mol. The zero-order valence-electron chi connectivity index (χ0n) is 18.9. The molecular formula is C26H41NO3. The molecule has 0 aliphatic heterocycles. The highest BCUT2D eigenvalue weighted by molar-refractivity contribution is 5.26. The largest absolute Gasteiger partial charge is 0.472 e. The smallest absolute Gasteiger partial charge is 0.0937 e. The van der Waals surface area contributed by atoms with Crippen molar-refractivity contribution in [3.05, 3.63) is 24.2 Å².